The number of anilines is 1. The molecule has 0 bridgehead atoms. The number of sulfonamides is 1. The van der Waals surface area contributed by atoms with Crippen molar-refractivity contribution in [1.29, 1.82) is 0 Å². The van der Waals surface area contributed by atoms with E-state index < -0.39 is 16.0 Å². The fraction of sp³-hybridized carbons (Fsp3) is 0.364. The summed E-state index contributed by atoms with van der Waals surface area (Å²) in [5.41, 5.74) is 1.73. The first-order valence-corrected chi connectivity index (χ1v) is 8.99. The number of carbonyl (C=O) groups excluding carboxylic acids is 1. The van der Waals surface area contributed by atoms with Crippen molar-refractivity contribution < 1.29 is 17.9 Å². The molecule has 0 fully saturated rings. The first kappa shape index (κ1) is 15.0. The number of aromatic nitrogens is 2. The molecule has 1 aromatic heterocycles. The molecular formula is C11H13N3O4SSe. The molecule has 0 saturated carbocycles. The number of esters is 1. The Labute approximate surface area is 122 Å². The van der Waals surface area contributed by atoms with E-state index in [0.29, 0.717) is 16.7 Å². The number of nitrogens with zero attached hydrogens (tertiary/aromatic N) is 2. The Balaban J connectivity index is 2.04. The summed E-state index contributed by atoms with van der Waals surface area (Å²) >= 11 is -0.214. The normalized spacial score (nSPS) is 11.4. The zero-order valence-corrected chi connectivity index (χ0v) is 13.2. The van der Waals surface area contributed by atoms with Crippen LogP contribution < -0.4 is 4.72 Å². The first-order chi connectivity index (χ1) is 9.52. The number of carbonyl (C=O) groups is 1. The van der Waals surface area contributed by atoms with E-state index in [4.69, 9.17) is 0 Å². The zero-order chi connectivity index (χ0) is 14.6. The van der Waals surface area contributed by atoms with Crippen LogP contribution in [0.15, 0.2) is 18.2 Å². The molecule has 0 aliphatic rings. The van der Waals surface area contributed by atoms with Crippen LogP contribution in [-0.2, 0) is 19.6 Å². The zero-order valence-electron chi connectivity index (χ0n) is 10.7. The van der Waals surface area contributed by atoms with E-state index in [1.54, 1.807) is 18.2 Å². The van der Waals surface area contributed by atoms with E-state index in [2.05, 4.69) is 17.4 Å². The summed E-state index contributed by atoms with van der Waals surface area (Å²) in [6.07, 6.45) is 0.287. The molecule has 0 saturated heterocycles. The number of benzene rings is 1. The van der Waals surface area contributed by atoms with Crippen molar-refractivity contribution in [2.24, 2.45) is 0 Å². The van der Waals surface area contributed by atoms with Crippen molar-refractivity contribution in [3.63, 3.8) is 0 Å². The number of rotatable bonds is 6. The molecule has 1 aromatic carbocycles. The number of fused-ring (bicyclic) bond motifs is 1. The van der Waals surface area contributed by atoms with E-state index in [-0.39, 0.29) is 33.6 Å². The summed E-state index contributed by atoms with van der Waals surface area (Å²) in [7, 11) is -2.24. The van der Waals surface area contributed by atoms with E-state index in [1.807, 2.05) is 0 Å². The van der Waals surface area contributed by atoms with Gasteiger partial charge in [0.2, 0.25) is 0 Å². The van der Waals surface area contributed by atoms with Gasteiger partial charge in [0, 0.05) is 0 Å². The monoisotopic (exact) mass is 363 g/mol. The number of hydrogen-bond acceptors (Lipinski definition) is 6. The van der Waals surface area contributed by atoms with Gasteiger partial charge in [0.05, 0.1) is 0 Å². The molecular weight excluding hydrogens is 349 g/mol. The molecule has 0 aliphatic heterocycles. The van der Waals surface area contributed by atoms with Crippen LogP contribution in [-0.4, -0.2) is 50.2 Å². The maximum absolute atomic E-state index is 11.9. The van der Waals surface area contributed by atoms with Crippen LogP contribution in [0, 0.1) is 0 Å². The first-order valence-electron chi connectivity index (χ1n) is 5.80. The molecule has 0 spiro atoms. The van der Waals surface area contributed by atoms with Crippen LogP contribution in [0.1, 0.15) is 12.8 Å². The van der Waals surface area contributed by atoms with Crippen molar-refractivity contribution >= 4 is 47.7 Å². The predicted octanol–water partition coefficient (Wildman–Crippen LogP) is 0.382. The molecule has 1 heterocycles. The van der Waals surface area contributed by atoms with E-state index in [9.17, 15) is 13.2 Å². The van der Waals surface area contributed by atoms with Crippen LogP contribution in [0.5, 0.6) is 0 Å². The molecule has 0 atom stereocenters. The summed E-state index contributed by atoms with van der Waals surface area (Å²) in [5, 5.41) is 0. The van der Waals surface area contributed by atoms with Crippen LogP contribution in [0.4, 0.5) is 5.69 Å². The fourth-order valence-corrected chi connectivity index (χ4v) is 3.90. The minimum atomic E-state index is -3.51. The van der Waals surface area contributed by atoms with Crippen molar-refractivity contribution in [2.45, 2.75) is 12.8 Å². The number of nitrogens with one attached hydrogen (secondary N) is 1. The average molecular weight is 362 g/mol. The van der Waals surface area contributed by atoms with Gasteiger partial charge in [-0.2, -0.15) is 0 Å². The van der Waals surface area contributed by atoms with E-state index in [1.165, 1.54) is 7.11 Å². The molecule has 2 rings (SSSR count). The second-order valence-electron chi connectivity index (χ2n) is 4.04. The van der Waals surface area contributed by atoms with Crippen molar-refractivity contribution in [2.75, 3.05) is 17.6 Å². The van der Waals surface area contributed by atoms with Crippen molar-refractivity contribution in [3.8, 4) is 0 Å². The summed E-state index contributed by atoms with van der Waals surface area (Å²) < 4.78 is 39.2. The summed E-state index contributed by atoms with van der Waals surface area (Å²) in [4.78, 5) is 10.9. The van der Waals surface area contributed by atoms with Gasteiger partial charge in [-0.3, -0.25) is 0 Å². The topological polar surface area (TPSA) is 98.2 Å². The Kier molecular flexibility index (Phi) is 4.74. The fourth-order valence-electron chi connectivity index (χ4n) is 1.62. The molecule has 0 radical (unpaired) electrons. The third-order valence-corrected chi connectivity index (χ3v) is 5.07. The molecule has 0 amide bonds. The van der Waals surface area contributed by atoms with Gasteiger partial charge in [-0.1, -0.05) is 0 Å². The quantitative estimate of drug-likeness (QED) is 0.589. The van der Waals surface area contributed by atoms with Gasteiger partial charge >= 0.3 is 122 Å². The Morgan fingerprint density at radius 2 is 2.20 bits per heavy atom. The molecule has 1 N–H and O–H groups in total. The molecule has 108 valence electrons. The van der Waals surface area contributed by atoms with E-state index >= 15 is 0 Å². The van der Waals surface area contributed by atoms with Crippen molar-refractivity contribution in [1.82, 2.24) is 7.96 Å². The Hall–Kier alpha value is -1.44. The van der Waals surface area contributed by atoms with Crippen LogP contribution in [0.2, 0.25) is 0 Å². The van der Waals surface area contributed by atoms with Gasteiger partial charge in [-0.15, -0.1) is 0 Å². The molecule has 7 nitrogen and oxygen atoms in total. The third kappa shape index (κ3) is 3.78. The second-order valence-corrected chi connectivity index (χ2v) is 6.99. The molecule has 20 heavy (non-hydrogen) atoms. The summed E-state index contributed by atoms with van der Waals surface area (Å²) in [6, 6.07) is 5.17. The molecule has 9 heteroatoms. The van der Waals surface area contributed by atoms with Crippen LogP contribution >= 0.6 is 0 Å². The van der Waals surface area contributed by atoms with Crippen LogP contribution in [0.25, 0.3) is 11.0 Å². The number of hydrogen-bond donors (Lipinski definition) is 1. The Morgan fingerprint density at radius 3 is 2.95 bits per heavy atom. The average Bonchev–Trinajstić information content (AvgIpc) is 2.87. The predicted molar refractivity (Wildman–Crippen MR) is 75.1 cm³/mol. The van der Waals surface area contributed by atoms with Gasteiger partial charge < -0.3 is 0 Å². The van der Waals surface area contributed by atoms with Gasteiger partial charge in [0.25, 0.3) is 0 Å². The summed E-state index contributed by atoms with van der Waals surface area (Å²) in [5.74, 6) is -0.564. The van der Waals surface area contributed by atoms with Crippen LogP contribution in [0.3, 0.4) is 0 Å². The third-order valence-electron chi connectivity index (χ3n) is 2.57. The number of methoxy groups -OCH3 is 1. The Bertz CT molecular complexity index is 713. The molecule has 0 aliphatic carbocycles. The molecule has 0 unspecified atom stereocenters. The summed E-state index contributed by atoms with van der Waals surface area (Å²) in [6.45, 7) is 0. The van der Waals surface area contributed by atoms with Gasteiger partial charge in [0.15, 0.2) is 0 Å². The Morgan fingerprint density at radius 1 is 1.40 bits per heavy atom. The van der Waals surface area contributed by atoms with Gasteiger partial charge in [-0.25, -0.2) is 0 Å². The SMILES string of the molecule is COC(=O)CCCS(=O)(=O)Nc1cccc2n[se]nc12. The second kappa shape index (κ2) is 6.34. The minimum absolute atomic E-state index is 0.0765. The van der Waals surface area contributed by atoms with Gasteiger partial charge in [-0.05, 0) is 0 Å². The van der Waals surface area contributed by atoms with Gasteiger partial charge in [0.1, 0.15) is 0 Å². The molecule has 2 aromatic rings. The standard InChI is InChI=1S/C11H13N3O4SSe/c1-18-10(15)6-3-7-19(16,17)12-8-4-2-5-9-11(8)14-20-13-9/h2,4-5,12H,3,6-7H2,1H3. The van der Waals surface area contributed by atoms with Crippen molar-refractivity contribution in [3.05, 3.63) is 18.2 Å². The maximum atomic E-state index is 11.9. The number of ether oxygens (including phenoxy) is 1. The van der Waals surface area contributed by atoms with E-state index in [0.717, 1.165) is 0 Å².